The van der Waals surface area contributed by atoms with E-state index in [0.29, 0.717) is 5.92 Å². The van der Waals surface area contributed by atoms with Crippen molar-refractivity contribution in [3.05, 3.63) is 59.4 Å². The largest absolute Gasteiger partial charge is 0.271 e. The van der Waals surface area contributed by atoms with Gasteiger partial charge < -0.3 is 0 Å². The molecule has 3 N–H and O–H groups in total. The van der Waals surface area contributed by atoms with Crippen molar-refractivity contribution in [1.29, 1.82) is 0 Å². The van der Waals surface area contributed by atoms with Crippen molar-refractivity contribution in [3.8, 4) is 0 Å². The van der Waals surface area contributed by atoms with Crippen LogP contribution in [0.25, 0.3) is 0 Å². The quantitative estimate of drug-likeness (QED) is 0.631. The molecule has 2 atom stereocenters. The van der Waals surface area contributed by atoms with Gasteiger partial charge >= 0.3 is 0 Å². The number of aromatic nitrogens is 2. The number of benzene rings is 1. The van der Waals surface area contributed by atoms with E-state index in [1.165, 1.54) is 11.1 Å². The highest BCUT2D eigenvalue weighted by molar-refractivity contribution is 5.40. The third-order valence-electron chi connectivity index (χ3n) is 3.69. The second kappa shape index (κ2) is 4.84. The maximum Gasteiger partial charge on any atom is 0.0544 e. The minimum atomic E-state index is 0.138. The summed E-state index contributed by atoms with van der Waals surface area (Å²) in [5.41, 5.74) is 6.90. The highest BCUT2D eigenvalue weighted by Crippen LogP contribution is 2.40. The Labute approximate surface area is 106 Å². The Bertz CT molecular complexity index is 526. The van der Waals surface area contributed by atoms with E-state index in [1.54, 1.807) is 12.4 Å². The molecule has 1 aliphatic carbocycles. The Balaban J connectivity index is 1.74. The summed E-state index contributed by atoms with van der Waals surface area (Å²) in [6.45, 7) is 0. The number of rotatable bonds is 4. The van der Waals surface area contributed by atoms with Gasteiger partial charge in [0.15, 0.2) is 0 Å². The summed E-state index contributed by atoms with van der Waals surface area (Å²) in [6.07, 6.45) is 5.62. The van der Waals surface area contributed by atoms with Crippen LogP contribution < -0.4 is 11.3 Å². The number of nitrogens with one attached hydrogen (secondary N) is 1. The summed E-state index contributed by atoms with van der Waals surface area (Å²) in [6, 6.07) is 10.7. The molecule has 1 heterocycles. The van der Waals surface area contributed by atoms with E-state index in [9.17, 15) is 0 Å². The topological polar surface area (TPSA) is 63.8 Å². The van der Waals surface area contributed by atoms with Crippen LogP contribution in [0, 0.1) is 0 Å². The lowest BCUT2D eigenvalue weighted by atomic mass is 9.74. The first-order valence-electron chi connectivity index (χ1n) is 6.19. The Morgan fingerprint density at radius 1 is 1.28 bits per heavy atom. The molecule has 3 rings (SSSR count). The molecular formula is C14H16N4. The molecule has 0 aliphatic heterocycles. The molecule has 1 aromatic carbocycles. The lowest BCUT2D eigenvalue weighted by Crippen LogP contribution is -2.31. The predicted molar refractivity (Wildman–Crippen MR) is 69.6 cm³/mol. The van der Waals surface area contributed by atoms with Crippen molar-refractivity contribution in [3.63, 3.8) is 0 Å². The first kappa shape index (κ1) is 11.3. The van der Waals surface area contributed by atoms with Crippen LogP contribution in [0.4, 0.5) is 0 Å². The van der Waals surface area contributed by atoms with Gasteiger partial charge in [-0.2, -0.15) is 10.2 Å². The monoisotopic (exact) mass is 240 g/mol. The van der Waals surface area contributed by atoms with E-state index < -0.39 is 0 Å². The SMILES string of the molecule is NNC(CC1Cc2ccccc21)c1ccnnc1. The molecule has 0 amide bonds. The molecule has 0 fully saturated rings. The number of nitrogens with zero attached hydrogens (tertiary/aromatic N) is 2. The van der Waals surface area contributed by atoms with Crippen molar-refractivity contribution in [2.45, 2.75) is 24.8 Å². The first-order valence-corrected chi connectivity index (χ1v) is 6.19. The number of hydrogen-bond donors (Lipinski definition) is 2. The fourth-order valence-corrected chi connectivity index (χ4v) is 2.66. The molecule has 0 saturated carbocycles. The Morgan fingerprint density at radius 2 is 2.17 bits per heavy atom. The molecule has 0 spiro atoms. The number of fused-ring (bicyclic) bond motifs is 1. The normalized spacial score (nSPS) is 18.8. The molecule has 18 heavy (non-hydrogen) atoms. The highest BCUT2D eigenvalue weighted by atomic mass is 15.2. The average molecular weight is 240 g/mol. The maximum absolute atomic E-state index is 5.65. The van der Waals surface area contributed by atoms with Gasteiger partial charge in [-0.05, 0) is 41.5 Å². The number of nitrogens with two attached hydrogens (primary N) is 1. The fourth-order valence-electron chi connectivity index (χ4n) is 2.66. The summed E-state index contributed by atoms with van der Waals surface area (Å²) in [5.74, 6) is 6.25. The molecule has 92 valence electrons. The molecule has 4 heteroatoms. The number of hydrogen-bond acceptors (Lipinski definition) is 4. The Morgan fingerprint density at radius 3 is 2.89 bits per heavy atom. The summed E-state index contributed by atoms with van der Waals surface area (Å²) < 4.78 is 0. The fraction of sp³-hybridized carbons (Fsp3) is 0.286. The molecule has 2 aromatic rings. The summed E-state index contributed by atoms with van der Waals surface area (Å²) >= 11 is 0. The van der Waals surface area contributed by atoms with E-state index in [0.717, 1.165) is 18.4 Å². The Hall–Kier alpha value is -1.78. The van der Waals surface area contributed by atoms with Crippen LogP contribution in [0.1, 0.15) is 35.1 Å². The summed E-state index contributed by atoms with van der Waals surface area (Å²) in [4.78, 5) is 0. The standard InChI is InChI=1S/C14H16N4/c15-18-14(11-5-6-16-17-9-11)8-12-7-10-3-1-2-4-13(10)12/h1-6,9,12,14,18H,7-8,15H2. The van der Waals surface area contributed by atoms with Gasteiger partial charge in [0.25, 0.3) is 0 Å². The molecule has 1 aromatic heterocycles. The van der Waals surface area contributed by atoms with Crippen LogP contribution >= 0.6 is 0 Å². The smallest absolute Gasteiger partial charge is 0.0544 e. The van der Waals surface area contributed by atoms with Crippen molar-refractivity contribution in [1.82, 2.24) is 15.6 Å². The van der Waals surface area contributed by atoms with Crippen LogP contribution in [0.15, 0.2) is 42.7 Å². The second-order valence-electron chi connectivity index (χ2n) is 4.73. The van der Waals surface area contributed by atoms with Gasteiger partial charge in [0, 0.05) is 12.2 Å². The zero-order valence-corrected chi connectivity index (χ0v) is 10.1. The van der Waals surface area contributed by atoms with Gasteiger partial charge in [0.05, 0.1) is 6.20 Å². The van der Waals surface area contributed by atoms with E-state index in [1.807, 2.05) is 6.07 Å². The van der Waals surface area contributed by atoms with Gasteiger partial charge in [-0.3, -0.25) is 11.3 Å². The molecule has 4 nitrogen and oxygen atoms in total. The van der Waals surface area contributed by atoms with Crippen LogP contribution in [-0.4, -0.2) is 10.2 Å². The van der Waals surface area contributed by atoms with Gasteiger partial charge in [0.2, 0.25) is 0 Å². The lowest BCUT2D eigenvalue weighted by molar-refractivity contribution is 0.434. The predicted octanol–water partition coefficient (Wildman–Crippen LogP) is 1.71. The minimum Gasteiger partial charge on any atom is -0.271 e. The van der Waals surface area contributed by atoms with Crippen LogP contribution in [0.5, 0.6) is 0 Å². The van der Waals surface area contributed by atoms with Crippen LogP contribution in [0.3, 0.4) is 0 Å². The first-order chi connectivity index (χ1) is 8.88. The molecule has 1 aliphatic rings. The third-order valence-corrected chi connectivity index (χ3v) is 3.69. The van der Waals surface area contributed by atoms with Crippen molar-refractivity contribution in [2.24, 2.45) is 5.84 Å². The van der Waals surface area contributed by atoms with Crippen molar-refractivity contribution < 1.29 is 0 Å². The maximum atomic E-state index is 5.65. The van der Waals surface area contributed by atoms with E-state index >= 15 is 0 Å². The third kappa shape index (κ3) is 2.00. The average Bonchev–Trinajstić information content (AvgIpc) is 2.41. The van der Waals surface area contributed by atoms with E-state index in [2.05, 4.69) is 39.9 Å². The van der Waals surface area contributed by atoms with Gasteiger partial charge in [-0.1, -0.05) is 24.3 Å². The molecule has 0 saturated heterocycles. The molecule has 0 radical (unpaired) electrons. The Kier molecular flexibility index (Phi) is 3.04. The summed E-state index contributed by atoms with van der Waals surface area (Å²) in [5, 5.41) is 7.70. The van der Waals surface area contributed by atoms with Gasteiger partial charge in [0.1, 0.15) is 0 Å². The van der Waals surface area contributed by atoms with E-state index in [4.69, 9.17) is 5.84 Å². The second-order valence-corrected chi connectivity index (χ2v) is 4.73. The van der Waals surface area contributed by atoms with Crippen molar-refractivity contribution in [2.75, 3.05) is 0 Å². The van der Waals surface area contributed by atoms with Crippen LogP contribution in [-0.2, 0) is 6.42 Å². The highest BCUT2D eigenvalue weighted by Gasteiger charge is 2.28. The minimum absolute atomic E-state index is 0.138. The lowest BCUT2D eigenvalue weighted by Gasteiger charge is -2.32. The molecular weight excluding hydrogens is 224 g/mol. The molecule has 2 unspecified atom stereocenters. The molecule has 0 bridgehead atoms. The van der Waals surface area contributed by atoms with Gasteiger partial charge in [-0.15, -0.1) is 0 Å². The zero-order valence-electron chi connectivity index (χ0n) is 10.1. The van der Waals surface area contributed by atoms with E-state index in [-0.39, 0.29) is 6.04 Å². The van der Waals surface area contributed by atoms with Crippen LogP contribution in [0.2, 0.25) is 0 Å². The zero-order chi connectivity index (χ0) is 12.4. The van der Waals surface area contributed by atoms with Crippen molar-refractivity contribution >= 4 is 0 Å². The van der Waals surface area contributed by atoms with Gasteiger partial charge in [-0.25, -0.2) is 0 Å². The summed E-state index contributed by atoms with van der Waals surface area (Å²) in [7, 11) is 0. The number of hydrazine groups is 1.